The lowest BCUT2D eigenvalue weighted by molar-refractivity contribution is 0.242. The Morgan fingerprint density at radius 1 is 1.19 bits per heavy atom. The van der Waals surface area contributed by atoms with Crippen LogP contribution in [0.4, 0.5) is 5.69 Å². The Morgan fingerprint density at radius 3 is 2.54 bits per heavy atom. The molecule has 6 heteroatoms. The Morgan fingerprint density at radius 2 is 1.88 bits per heavy atom. The van der Waals surface area contributed by atoms with E-state index in [1.54, 1.807) is 6.08 Å². The number of anilines is 1. The highest BCUT2D eigenvalue weighted by Gasteiger charge is 2.03. The SMILES string of the molecule is C=CCOc1ccccc1CN=C(N)Nc1ccc(OC(C)C)cc1.I. The first kappa shape index (κ1) is 21.8. The van der Waals surface area contributed by atoms with Crippen molar-refractivity contribution in [2.45, 2.75) is 26.5 Å². The first-order chi connectivity index (χ1) is 12.1. The van der Waals surface area contributed by atoms with Crippen molar-refractivity contribution in [2.24, 2.45) is 10.7 Å². The molecule has 0 amide bonds. The molecular weight excluding hydrogens is 441 g/mol. The Balaban J connectivity index is 0.00000338. The predicted octanol–water partition coefficient (Wildman–Crippen LogP) is 4.58. The largest absolute Gasteiger partial charge is 0.491 e. The summed E-state index contributed by atoms with van der Waals surface area (Å²) in [6, 6.07) is 15.3. The second-order valence-electron chi connectivity index (χ2n) is 5.72. The first-order valence-electron chi connectivity index (χ1n) is 8.23. The van der Waals surface area contributed by atoms with Gasteiger partial charge in [0.1, 0.15) is 18.1 Å². The molecule has 0 fully saturated rings. The Labute approximate surface area is 172 Å². The highest BCUT2D eigenvalue weighted by molar-refractivity contribution is 14.0. The van der Waals surface area contributed by atoms with Crippen LogP contribution in [0.3, 0.4) is 0 Å². The van der Waals surface area contributed by atoms with Crippen molar-refractivity contribution in [1.82, 2.24) is 0 Å². The zero-order valence-corrected chi connectivity index (χ0v) is 17.5. The van der Waals surface area contributed by atoms with Gasteiger partial charge < -0.3 is 20.5 Å². The lowest BCUT2D eigenvalue weighted by Crippen LogP contribution is -2.22. The summed E-state index contributed by atoms with van der Waals surface area (Å²) in [6.07, 6.45) is 1.86. The van der Waals surface area contributed by atoms with E-state index in [4.69, 9.17) is 15.2 Å². The van der Waals surface area contributed by atoms with Crippen LogP contribution in [0, 0.1) is 0 Å². The topological polar surface area (TPSA) is 68.9 Å². The molecule has 0 bridgehead atoms. The third-order valence-electron chi connectivity index (χ3n) is 3.25. The third kappa shape index (κ3) is 7.35. The van der Waals surface area contributed by atoms with E-state index in [1.807, 2.05) is 62.4 Å². The van der Waals surface area contributed by atoms with Crippen molar-refractivity contribution in [2.75, 3.05) is 11.9 Å². The van der Waals surface area contributed by atoms with Crippen LogP contribution in [0.25, 0.3) is 0 Å². The number of halogens is 1. The van der Waals surface area contributed by atoms with Crippen LogP contribution in [0.1, 0.15) is 19.4 Å². The maximum atomic E-state index is 5.97. The molecule has 0 radical (unpaired) electrons. The summed E-state index contributed by atoms with van der Waals surface area (Å²) in [7, 11) is 0. The number of benzene rings is 2. The molecule has 2 rings (SSSR count). The van der Waals surface area contributed by atoms with Gasteiger partial charge in [-0.05, 0) is 44.2 Å². The molecule has 2 aromatic carbocycles. The Hall–Kier alpha value is -2.22. The summed E-state index contributed by atoms with van der Waals surface area (Å²) in [4.78, 5) is 4.38. The minimum atomic E-state index is 0. The summed E-state index contributed by atoms with van der Waals surface area (Å²) in [5.41, 5.74) is 7.80. The highest BCUT2D eigenvalue weighted by Crippen LogP contribution is 2.19. The summed E-state index contributed by atoms with van der Waals surface area (Å²) in [6.45, 7) is 8.53. The van der Waals surface area contributed by atoms with Crippen molar-refractivity contribution in [3.05, 3.63) is 66.7 Å². The van der Waals surface area contributed by atoms with Gasteiger partial charge >= 0.3 is 0 Å². The molecule has 0 aromatic heterocycles. The molecule has 0 saturated heterocycles. The number of hydrogen-bond acceptors (Lipinski definition) is 3. The molecule has 5 nitrogen and oxygen atoms in total. The van der Waals surface area contributed by atoms with Crippen molar-refractivity contribution < 1.29 is 9.47 Å². The van der Waals surface area contributed by atoms with Crippen molar-refractivity contribution in [3.63, 3.8) is 0 Å². The molecule has 140 valence electrons. The van der Waals surface area contributed by atoms with Crippen LogP contribution in [0.2, 0.25) is 0 Å². The van der Waals surface area contributed by atoms with E-state index in [0.29, 0.717) is 19.1 Å². The smallest absolute Gasteiger partial charge is 0.193 e. The molecule has 0 unspecified atom stereocenters. The first-order valence-corrected chi connectivity index (χ1v) is 8.23. The van der Waals surface area contributed by atoms with Crippen LogP contribution in [-0.4, -0.2) is 18.7 Å². The molecule has 26 heavy (non-hydrogen) atoms. The minimum Gasteiger partial charge on any atom is -0.491 e. The van der Waals surface area contributed by atoms with Crippen molar-refractivity contribution in [1.29, 1.82) is 0 Å². The number of nitrogens with zero attached hydrogens (tertiary/aromatic N) is 1. The van der Waals surface area contributed by atoms with Gasteiger partial charge in [0.2, 0.25) is 0 Å². The number of rotatable bonds is 8. The molecule has 3 N–H and O–H groups in total. The quantitative estimate of drug-likeness (QED) is 0.258. The Bertz CT molecular complexity index is 715. The average Bonchev–Trinajstić information content (AvgIpc) is 2.60. The van der Waals surface area contributed by atoms with E-state index in [0.717, 1.165) is 22.7 Å². The molecule has 0 spiro atoms. The van der Waals surface area contributed by atoms with Gasteiger partial charge in [0.05, 0.1) is 12.6 Å². The molecule has 0 atom stereocenters. The number of aliphatic imine (C=N–C) groups is 1. The van der Waals surface area contributed by atoms with Crippen LogP contribution < -0.4 is 20.5 Å². The van der Waals surface area contributed by atoms with Crippen LogP contribution in [0.15, 0.2) is 66.2 Å². The zero-order chi connectivity index (χ0) is 18.1. The summed E-state index contributed by atoms with van der Waals surface area (Å²) in [5, 5.41) is 3.07. The number of hydrogen-bond donors (Lipinski definition) is 2. The second-order valence-corrected chi connectivity index (χ2v) is 5.72. The molecule has 2 aromatic rings. The molecule has 0 saturated carbocycles. The highest BCUT2D eigenvalue weighted by atomic mass is 127. The fraction of sp³-hybridized carbons (Fsp3) is 0.250. The van der Waals surface area contributed by atoms with E-state index in [9.17, 15) is 0 Å². The number of nitrogens with one attached hydrogen (secondary N) is 1. The molecule has 0 aliphatic heterocycles. The van der Waals surface area contributed by atoms with E-state index in [-0.39, 0.29) is 30.1 Å². The van der Waals surface area contributed by atoms with Gasteiger partial charge in [0, 0.05) is 11.3 Å². The average molecular weight is 467 g/mol. The molecule has 0 aliphatic rings. The minimum absolute atomic E-state index is 0. The van der Waals surface area contributed by atoms with Gasteiger partial charge in [-0.1, -0.05) is 30.9 Å². The maximum Gasteiger partial charge on any atom is 0.193 e. The van der Waals surface area contributed by atoms with Gasteiger partial charge in [-0.15, -0.1) is 24.0 Å². The second kappa shape index (κ2) is 11.4. The van der Waals surface area contributed by atoms with E-state index < -0.39 is 0 Å². The van der Waals surface area contributed by atoms with Gasteiger partial charge in [-0.2, -0.15) is 0 Å². The lowest BCUT2D eigenvalue weighted by atomic mass is 10.2. The Kier molecular flexibility index (Phi) is 9.57. The van der Waals surface area contributed by atoms with Gasteiger partial charge in [-0.3, -0.25) is 0 Å². The monoisotopic (exact) mass is 467 g/mol. The van der Waals surface area contributed by atoms with Gasteiger partial charge in [0.25, 0.3) is 0 Å². The maximum absolute atomic E-state index is 5.97. The summed E-state index contributed by atoms with van der Waals surface area (Å²) < 4.78 is 11.2. The number of ether oxygens (including phenoxy) is 2. The molecule has 0 aliphatic carbocycles. The molecule has 0 heterocycles. The van der Waals surface area contributed by atoms with Crippen LogP contribution in [-0.2, 0) is 6.54 Å². The number of para-hydroxylation sites is 1. The van der Waals surface area contributed by atoms with E-state index >= 15 is 0 Å². The molecular formula is C20H26IN3O2. The lowest BCUT2D eigenvalue weighted by Gasteiger charge is -2.11. The third-order valence-corrected chi connectivity index (χ3v) is 3.25. The number of guanidine groups is 1. The van der Waals surface area contributed by atoms with E-state index in [2.05, 4.69) is 16.9 Å². The van der Waals surface area contributed by atoms with Gasteiger partial charge in [0.15, 0.2) is 5.96 Å². The summed E-state index contributed by atoms with van der Waals surface area (Å²) >= 11 is 0. The zero-order valence-electron chi connectivity index (χ0n) is 15.1. The summed E-state index contributed by atoms with van der Waals surface area (Å²) in [5.74, 6) is 1.95. The fourth-order valence-electron chi connectivity index (χ4n) is 2.17. The predicted molar refractivity (Wildman–Crippen MR) is 119 cm³/mol. The van der Waals surface area contributed by atoms with Gasteiger partial charge in [-0.25, -0.2) is 4.99 Å². The fourth-order valence-corrected chi connectivity index (χ4v) is 2.17. The normalized spacial score (nSPS) is 10.8. The van der Waals surface area contributed by atoms with Crippen LogP contribution >= 0.6 is 24.0 Å². The van der Waals surface area contributed by atoms with Crippen LogP contribution in [0.5, 0.6) is 11.5 Å². The number of nitrogens with two attached hydrogens (primary N) is 1. The van der Waals surface area contributed by atoms with Crippen molar-refractivity contribution in [3.8, 4) is 11.5 Å². The van der Waals surface area contributed by atoms with Crippen molar-refractivity contribution >= 4 is 35.6 Å². The van der Waals surface area contributed by atoms with E-state index in [1.165, 1.54) is 0 Å². The standard InChI is InChI=1S/C20H25N3O2.HI/c1-4-13-24-19-8-6-5-7-16(19)14-22-20(21)23-17-9-11-18(12-10-17)25-15(2)3;/h4-12,15H,1,13-14H2,2-3H3,(H3,21,22,23);1H.